The maximum Gasteiger partial charge on any atom is 0.235 e. The van der Waals surface area contributed by atoms with Gasteiger partial charge in [0, 0.05) is 30.3 Å². The second-order valence-corrected chi connectivity index (χ2v) is 9.02. The molecule has 8 heteroatoms. The quantitative estimate of drug-likeness (QED) is 0.795. The van der Waals surface area contributed by atoms with Crippen LogP contribution >= 0.6 is 11.6 Å². The maximum absolute atomic E-state index is 13.0. The molecule has 0 spiro atoms. The lowest BCUT2D eigenvalue weighted by molar-refractivity contribution is -0.118. The van der Waals surface area contributed by atoms with Crippen molar-refractivity contribution in [2.75, 3.05) is 30.3 Å². The van der Waals surface area contributed by atoms with Crippen molar-refractivity contribution >= 4 is 33.0 Å². The molecule has 0 aromatic heterocycles. The number of sulfone groups is 1. The summed E-state index contributed by atoms with van der Waals surface area (Å²) in [5.74, 6) is -1.17. The van der Waals surface area contributed by atoms with Crippen LogP contribution < -0.4 is 10.2 Å². The van der Waals surface area contributed by atoms with Gasteiger partial charge < -0.3 is 10.2 Å². The van der Waals surface area contributed by atoms with Gasteiger partial charge in [-0.1, -0.05) is 11.6 Å². The van der Waals surface area contributed by atoms with Crippen molar-refractivity contribution in [2.45, 2.75) is 11.3 Å². The molecule has 1 heterocycles. The van der Waals surface area contributed by atoms with E-state index in [2.05, 4.69) is 10.2 Å². The number of anilines is 1. The van der Waals surface area contributed by atoms with Crippen LogP contribution in [0.1, 0.15) is 6.42 Å². The average Bonchev–Trinajstić information content (AvgIpc) is 3.10. The fraction of sp³-hybridized carbons (Fsp3) is 0.316. The topological polar surface area (TPSA) is 66.5 Å². The molecule has 1 N–H and O–H groups in total. The largest absolute Gasteiger partial charge is 0.371 e. The van der Waals surface area contributed by atoms with Crippen LogP contribution in [-0.2, 0) is 14.6 Å². The molecule has 2 aromatic carbocycles. The van der Waals surface area contributed by atoms with Gasteiger partial charge in [-0.05, 0) is 60.9 Å². The first-order valence-electron chi connectivity index (χ1n) is 8.59. The highest BCUT2D eigenvalue weighted by molar-refractivity contribution is 7.92. The van der Waals surface area contributed by atoms with Gasteiger partial charge in [-0.2, -0.15) is 0 Å². The Hall–Kier alpha value is -2.12. The molecule has 0 radical (unpaired) electrons. The number of carbonyl (C=O) groups excluding carboxylic acids is 1. The molecular formula is C19H20ClFN2O3S. The summed E-state index contributed by atoms with van der Waals surface area (Å²) in [4.78, 5) is 14.3. The third-order valence-electron chi connectivity index (χ3n) is 4.56. The number of rotatable bonds is 6. The summed E-state index contributed by atoms with van der Waals surface area (Å²) < 4.78 is 37.6. The van der Waals surface area contributed by atoms with Gasteiger partial charge in [-0.25, -0.2) is 12.8 Å². The van der Waals surface area contributed by atoms with E-state index in [9.17, 15) is 17.6 Å². The van der Waals surface area contributed by atoms with Crippen molar-refractivity contribution < 1.29 is 17.6 Å². The zero-order chi connectivity index (χ0) is 19.4. The molecule has 1 aliphatic rings. The van der Waals surface area contributed by atoms with Gasteiger partial charge in [0.15, 0.2) is 9.84 Å². The van der Waals surface area contributed by atoms with Crippen LogP contribution in [0.2, 0.25) is 5.02 Å². The van der Waals surface area contributed by atoms with Gasteiger partial charge in [-0.15, -0.1) is 0 Å². The molecule has 0 bridgehead atoms. The Morgan fingerprint density at radius 1 is 1.15 bits per heavy atom. The normalized spacial score (nSPS) is 17.1. The molecule has 1 aliphatic heterocycles. The smallest absolute Gasteiger partial charge is 0.235 e. The summed E-state index contributed by atoms with van der Waals surface area (Å²) in [6.45, 7) is 1.96. The lowest BCUT2D eigenvalue weighted by Gasteiger charge is -2.18. The number of amides is 1. The van der Waals surface area contributed by atoms with E-state index in [0.717, 1.165) is 25.2 Å². The summed E-state index contributed by atoms with van der Waals surface area (Å²) in [5.41, 5.74) is 0.940. The first-order valence-corrected chi connectivity index (χ1v) is 10.6. The summed E-state index contributed by atoms with van der Waals surface area (Å²) in [5, 5.41) is 3.15. The van der Waals surface area contributed by atoms with Crippen molar-refractivity contribution in [3.05, 3.63) is 59.4 Å². The molecule has 3 rings (SSSR count). The minimum atomic E-state index is -3.70. The van der Waals surface area contributed by atoms with Gasteiger partial charge in [0.1, 0.15) is 11.6 Å². The molecule has 1 saturated heterocycles. The number of nitrogens with zero attached hydrogens (tertiary/aromatic N) is 1. The Bertz CT molecular complexity index is 902. The van der Waals surface area contributed by atoms with Crippen LogP contribution in [0, 0.1) is 11.7 Å². The minimum Gasteiger partial charge on any atom is -0.371 e. The Balaban J connectivity index is 1.49. The first kappa shape index (κ1) is 19.6. The van der Waals surface area contributed by atoms with Gasteiger partial charge in [-0.3, -0.25) is 4.79 Å². The zero-order valence-corrected chi connectivity index (χ0v) is 16.1. The molecule has 1 unspecified atom stereocenters. The van der Waals surface area contributed by atoms with E-state index < -0.39 is 21.5 Å². The highest BCUT2D eigenvalue weighted by atomic mass is 35.5. The molecule has 5 nitrogen and oxygen atoms in total. The third-order valence-corrected chi connectivity index (χ3v) is 6.44. The van der Waals surface area contributed by atoms with Crippen LogP contribution in [0.25, 0.3) is 0 Å². The van der Waals surface area contributed by atoms with E-state index in [4.69, 9.17) is 11.6 Å². The van der Waals surface area contributed by atoms with Gasteiger partial charge in [0.2, 0.25) is 5.91 Å². The summed E-state index contributed by atoms with van der Waals surface area (Å²) in [6.07, 6.45) is 0.877. The molecule has 144 valence electrons. The molecule has 27 heavy (non-hydrogen) atoms. The molecule has 2 aromatic rings. The minimum absolute atomic E-state index is 0.0744. The number of hydrogen-bond acceptors (Lipinski definition) is 4. The second kappa shape index (κ2) is 8.27. The molecular weight excluding hydrogens is 391 g/mol. The average molecular weight is 411 g/mol. The Labute approximate surface area is 163 Å². The predicted octanol–water partition coefficient (Wildman–Crippen LogP) is 2.90. The predicted molar refractivity (Wildman–Crippen MR) is 103 cm³/mol. The van der Waals surface area contributed by atoms with E-state index >= 15 is 0 Å². The van der Waals surface area contributed by atoms with Crippen LogP contribution in [0.15, 0.2) is 53.4 Å². The number of benzene rings is 2. The summed E-state index contributed by atoms with van der Waals surface area (Å²) in [7, 11) is -3.70. The number of hydrogen-bond donors (Lipinski definition) is 1. The van der Waals surface area contributed by atoms with E-state index in [0.29, 0.717) is 11.6 Å². The lowest BCUT2D eigenvalue weighted by Crippen LogP contribution is -2.35. The fourth-order valence-corrected chi connectivity index (χ4v) is 4.38. The lowest BCUT2D eigenvalue weighted by atomic mass is 10.1. The van der Waals surface area contributed by atoms with Crippen molar-refractivity contribution in [2.24, 2.45) is 5.92 Å². The number of nitrogens with one attached hydrogen (secondary N) is 1. The first-order chi connectivity index (χ1) is 12.8. The van der Waals surface area contributed by atoms with E-state index in [-0.39, 0.29) is 16.6 Å². The second-order valence-electron chi connectivity index (χ2n) is 6.59. The molecule has 1 amide bonds. The van der Waals surface area contributed by atoms with Crippen LogP contribution in [0.5, 0.6) is 0 Å². The van der Waals surface area contributed by atoms with Crippen LogP contribution in [-0.4, -0.2) is 39.7 Å². The third kappa shape index (κ3) is 5.20. The van der Waals surface area contributed by atoms with Crippen molar-refractivity contribution in [1.29, 1.82) is 0 Å². The Kier molecular flexibility index (Phi) is 6.01. The Morgan fingerprint density at radius 2 is 1.81 bits per heavy atom. The monoisotopic (exact) mass is 410 g/mol. The Morgan fingerprint density at radius 3 is 2.48 bits per heavy atom. The van der Waals surface area contributed by atoms with Crippen LogP contribution in [0.3, 0.4) is 0 Å². The van der Waals surface area contributed by atoms with Crippen molar-refractivity contribution in [3.8, 4) is 0 Å². The van der Waals surface area contributed by atoms with Crippen LogP contribution in [0.4, 0.5) is 10.1 Å². The fourth-order valence-electron chi connectivity index (χ4n) is 3.09. The number of carbonyl (C=O) groups is 1. The maximum atomic E-state index is 13.0. The summed E-state index contributed by atoms with van der Waals surface area (Å²) >= 11 is 5.76. The van der Waals surface area contributed by atoms with E-state index in [1.54, 1.807) is 12.1 Å². The van der Waals surface area contributed by atoms with E-state index in [1.807, 2.05) is 0 Å². The number of halogens is 2. The molecule has 1 atom stereocenters. The van der Waals surface area contributed by atoms with Crippen molar-refractivity contribution in [1.82, 2.24) is 5.32 Å². The highest BCUT2D eigenvalue weighted by Gasteiger charge is 2.24. The summed E-state index contributed by atoms with van der Waals surface area (Å²) in [6, 6.07) is 12.1. The molecule has 0 aliphatic carbocycles. The molecule has 0 saturated carbocycles. The van der Waals surface area contributed by atoms with Gasteiger partial charge in [0.05, 0.1) is 4.90 Å². The van der Waals surface area contributed by atoms with Crippen molar-refractivity contribution in [3.63, 3.8) is 0 Å². The molecule has 1 fully saturated rings. The zero-order valence-electron chi connectivity index (χ0n) is 14.6. The van der Waals surface area contributed by atoms with Gasteiger partial charge in [0.25, 0.3) is 0 Å². The van der Waals surface area contributed by atoms with Gasteiger partial charge >= 0.3 is 0 Å². The standard InChI is InChI=1S/C19H20ClFN2O3S/c20-15-1-7-18(8-2-15)27(25,26)13-19(24)22-11-14-9-10-23(12-14)17-5-3-16(21)4-6-17/h1-8,14H,9-13H2,(H,22,24). The SMILES string of the molecule is O=C(CS(=O)(=O)c1ccc(Cl)cc1)NCC1CCN(c2ccc(F)cc2)C1. The highest BCUT2D eigenvalue weighted by Crippen LogP contribution is 2.23. The van der Waals surface area contributed by atoms with E-state index in [1.165, 1.54) is 36.4 Å².